The maximum atomic E-state index is 10.4. The van der Waals surface area contributed by atoms with Gasteiger partial charge in [0.2, 0.25) is 0 Å². The molecule has 1 rings (SSSR count). The lowest BCUT2D eigenvalue weighted by Gasteiger charge is -2.00. The Balaban J connectivity index is 3.44. The summed E-state index contributed by atoms with van der Waals surface area (Å²) in [5.74, 6) is 0. The highest BCUT2D eigenvalue weighted by Gasteiger charge is 2.15. The Kier molecular flexibility index (Phi) is 2.02. The molecule has 0 saturated heterocycles. The largest absolute Gasteiger partial charge is 0.397 e. The second-order valence-electron chi connectivity index (χ2n) is 2.37. The summed E-state index contributed by atoms with van der Waals surface area (Å²) >= 11 is 0. The molecule has 4 N–H and O–H groups in total. The first kappa shape index (κ1) is 8.80. The van der Waals surface area contributed by atoms with Crippen molar-refractivity contribution in [2.45, 2.75) is 0 Å². The number of anilines is 2. The number of nitriles is 1. The van der Waals surface area contributed by atoms with Crippen molar-refractivity contribution in [1.82, 2.24) is 0 Å². The van der Waals surface area contributed by atoms with Crippen molar-refractivity contribution in [3.05, 3.63) is 27.8 Å². The van der Waals surface area contributed by atoms with E-state index in [0.29, 0.717) is 0 Å². The van der Waals surface area contributed by atoms with Crippen molar-refractivity contribution in [3.8, 4) is 6.07 Å². The molecule has 1 aromatic rings. The molecule has 0 aromatic heterocycles. The lowest BCUT2D eigenvalue weighted by Crippen LogP contribution is -2.01. The van der Waals surface area contributed by atoms with Gasteiger partial charge in [-0.25, -0.2) is 0 Å². The number of rotatable bonds is 1. The first-order valence-corrected chi connectivity index (χ1v) is 3.29. The van der Waals surface area contributed by atoms with Crippen molar-refractivity contribution in [2.24, 2.45) is 0 Å². The number of nitro groups is 1. The van der Waals surface area contributed by atoms with Gasteiger partial charge in [-0.05, 0) is 6.07 Å². The third kappa shape index (κ3) is 1.49. The molecule has 0 unspecified atom stereocenters. The molecule has 6 heteroatoms. The molecule has 0 aliphatic carbocycles. The number of nitrogens with two attached hydrogens (primary N) is 2. The quantitative estimate of drug-likeness (QED) is 0.371. The van der Waals surface area contributed by atoms with Gasteiger partial charge >= 0.3 is 0 Å². The number of nitro benzene ring substituents is 1. The zero-order valence-corrected chi connectivity index (χ0v) is 6.52. The molecule has 1 aromatic carbocycles. The highest BCUT2D eigenvalue weighted by molar-refractivity contribution is 5.76. The van der Waals surface area contributed by atoms with Gasteiger partial charge in [0.25, 0.3) is 5.69 Å². The molecule has 0 spiro atoms. The topological polar surface area (TPSA) is 119 Å². The highest BCUT2D eigenvalue weighted by Crippen LogP contribution is 2.28. The first-order valence-electron chi connectivity index (χ1n) is 3.29. The number of hydrogen-bond acceptors (Lipinski definition) is 5. The van der Waals surface area contributed by atoms with Crippen LogP contribution in [0.5, 0.6) is 0 Å². The molecule has 0 aliphatic heterocycles. The number of nitrogen functional groups attached to an aromatic ring is 2. The summed E-state index contributed by atoms with van der Waals surface area (Å²) < 4.78 is 0. The fraction of sp³-hybridized carbons (Fsp3) is 0. The van der Waals surface area contributed by atoms with Gasteiger partial charge in [-0.2, -0.15) is 5.26 Å². The van der Waals surface area contributed by atoms with Crippen LogP contribution in [0.2, 0.25) is 0 Å². The van der Waals surface area contributed by atoms with Gasteiger partial charge in [-0.1, -0.05) is 0 Å². The van der Waals surface area contributed by atoms with E-state index in [1.165, 1.54) is 6.07 Å². The van der Waals surface area contributed by atoms with E-state index in [1.807, 2.05) is 0 Å². The summed E-state index contributed by atoms with van der Waals surface area (Å²) in [7, 11) is 0. The van der Waals surface area contributed by atoms with E-state index in [0.717, 1.165) is 6.07 Å². The molecular formula is C7H6N4O2. The SMILES string of the molecule is N#Cc1cc(N)c(N)c([N+](=O)[O-])c1. The van der Waals surface area contributed by atoms with Gasteiger partial charge in [-0.15, -0.1) is 0 Å². The molecule has 0 amide bonds. The standard InChI is InChI=1S/C7H6N4O2/c8-3-4-1-5(9)7(10)6(2-4)11(12)13/h1-2H,9-10H2. The fourth-order valence-corrected chi connectivity index (χ4v) is 0.875. The Hall–Kier alpha value is -2.29. The van der Waals surface area contributed by atoms with E-state index in [9.17, 15) is 10.1 Å². The molecule has 0 bridgehead atoms. The summed E-state index contributed by atoms with van der Waals surface area (Å²) in [6, 6.07) is 4.13. The second-order valence-corrected chi connectivity index (χ2v) is 2.37. The molecule has 66 valence electrons. The molecule has 0 fully saturated rings. The molecule has 0 radical (unpaired) electrons. The maximum Gasteiger partial charge on any atom is 0.295 e. The van der Waals surface area contributed by atoms with Crippen LogP contribution in [0.3, 0.4) is 0 Å². The summed E-state index contributed by atoms with van der Waals surface area (Å²) in [5.41, 5.74) is 10.4. The molecule has 0 heterocycles. The van der Waals surface area contributed by atoms with Crippen molar-refractivity contribution < 1.29 is 4.92 Å². The zero-order chi connectivity index (χ0) is 10.0. The molecule has 6 nitrogen and oxygen atoms in total. The minimum absolute atomic E-state index is 0.0470. The second kappa shape index (κ2) is 2.98. The normalized spacial score (nSPS) is 9.15. The van der Waals surface area contributed by atoms with Crippen molar-refractivity contribution >= 4 is 17.1 Å². The van der Waals surface area contributed by atoms with Crippen LogP contribution >= 0.6 is 0 Å². The Bertz CT molecular complexity index is 408. The van der Waals surface area contributed by atoms with E-state index >= 15 is 0 Å². The predicted molar refractivity (Wildman–Crippen MR) is 46.6 cm³/mol. The van der Waals surface area contributed by atoms with Crippen LogP contribution in [0, 0.1) is 21.4 Å². The summed E-state index contributed by atoms with van der Waals surface area (Å²) in [4.78, 5) is 9.73. The van der Waals surface area contributed by atoms with Crippen molar-refractivity contribution in [2.75, 3.05) is 11.5 Å². The lowest BCUT2D eigenvalue weighted by atomic mass is 10.1. The molecular weight excluding hydrogens is 172 g/mol. The minimum Gasteiger partial charge on any atom is -0.397 e. The number of nitrogens with zero attached hydrogens (tertiary/aromatic N) is 2. The Morgan fingerprint density at radius 1 is 1.46 bits per heavy atom. The van der Waals surface area contributed by atoms with Crippen LogP contribution in [0.1, 0.15) is 5.56 Å². The third-order valence-electron chi connectivity index (χ3n) is 1.52. The average molecular weight is 178 g/mol. The van der Waals surface area contributed by atoms with Crippen LogP contribution in [0.25, 0.3) is 0 Å². The average Bonchev–Trinajstić information content (AvgIpc) is 2.09. The van der Waals surface area contributed by atoms with Gasteiger partial charge in [0.1, 0.15) is 5.69 Å². The Labute approximate surface area is 73.5 Å². The summed E-state index contributed by atoms with van der Waals surface area (Å²) in [6.45, 7) is 0. The molecule has 0 aliphatic rings. The van der Waals surface area contributed by atoms with Crippen LogP contribution in [-0.4, -0.2) is 4.92 Å². The van der Waals surface area contributed by atoms with Gasteiger partial charge < -0.3 is 11.5 Å². The molecule has 0 atom stereocenters. The van der Waals surface area contributed by atoms with Crippen LogP contribution < -0.4 is 11.5 Å². The van der Waals surface area contributed by atoms with E-state index in [4.69, 9.17) is 16.7 Å². The number of hydrogen-bond donors (Lipinski definition) is 2. The molecule has 0 saturated carbocycles. The fourth-order valence-electron chi connectivity index (χ4n) is 0.875. The van der Waals surface area contributed by atoms with Crippen LogP contribution in [0.15, 0.2) is 12.1 Å². The van der Waals surface area contributed by atoms with Gasteiger partial charge in [0, 0.05) is 6.07 Å². The maximum absolute atomic E-state index is 10.4. The van der Waals surface area contributed by atoms with Gasteiger partial charge in [0.05, 0.1) is 22.2 Å². The monoisotopic (exact) mass is 178 g/mol. The first-order chi connectivity index (χ1) is 6.06. The predicted octanol–water partition coefficient (Wildman–Crippen LogP) is 0.631. The van der Waals surface area contributed by atoms with Gasteiger partial charge in [-0.3, -0.25) is 10.1 Å². The van der Waals surface area contributed by atoms with E-state index in [1.54, 1.807) is 6.07 Å². The van der Waals surface area contributed by atoms with E-state index in [-0.39, 0.29) is 22.6 Å². The van der Waals surface area contributed by atoms with Crippen LogP contribution in [0.4, 0.5) is 17.1 Å². The van der Waals surface area contributed by atoms with Crippen molar-refractivity contribution in [1.29, 1.82) is 5.26 Å². The third-order valence-corrected chi connectivity index (χ3v) is 1.52. The summed E-state index contributed by atoms with van der Waals surface area (Å²) in [6.07, 6.45) is 0. The van der Waals surface area contributed by atoms with E-state index < -0.39 is 4.92 Å². The molecule has 13 heavy (non-hydrogen) atoms. The number of benzene rings is 1. The highest BCUT2D eigenvalue weighted by atomic mass is 16.6. The van der Waals surface area contributed by atoms with E-state index in [2.05, 4.69) is 0 Å². The van der Waals surface area contributed by atoms with Gasteiger partial charge in [0.15, 0.2) is 0 Å². The van der Waals surface area contributed by atoms with Crippen molar-refractivity contribution in [3.63, 3.8) is 0 Å². The zero-order valence-electron chi connectivity index (χ0n) is 6.52. The summed E-state index contributed by atoms with van der Waals surface area (Å²) in [5, 5.41) is 18.9. The minimum atomic E-state index is -0.674. The Morgan fingerprint density at radius 3 is 2.54 bits per heavy atom. The smallest absolute Gasteiger partial charge is 0.295 e. The lowest BCUT2D eigenvalue weighted by molar-refractivity contribution is -0.383. The van der Waals surface area contributed by atoms with Crippen LogP contribution in [-0.2, 0) is 0 Å². The Morgan fingerprint density at radius 2 is 2.08 bits per heavy atom.